The Bertz CT molecular complexity index is 517. The minimum Gasteiger partial charge on any atom is -0.497 e. The quantitative estimate of drug-likeness (QED) is 0.535. The number of hydrogen-bond acceptors (Lipinski definition) is 5. The van der Waals surface area contributed by atoms with E-state index in [9.17, 15) is 14.7 Å². The Morgan fingerprint density at radius 2 is 1.83 bits per heavy atom. The van der Waals surface area contributed by atoms with Gasteiger partial charge in [-0.05, 0) is 23.6 Å². The summed E-state index contributed by atoms with van der Waals surface area (Å²) in [5.74, 6) is -0.0723. The Labute approximate surface area is 136 Å². The molecule has 0 fully saturated rings. The highest BCUT2D eigenvalue weighted by atomic mass is 16.5. The van der Waals surface area contributed by atoms with E-state index in [1.807, 2.05) is 13.8 Å². The number of ether oxygens (including phenoxy) is 1. The van der Waals surface area contributed by atoms with Gasteiger partial charge < -0.3 is 26.2 Å². The Kier molecular flexibility index (Phi) is 7.50. The van der Waals surface area contributed by atoms with Gasteiger partial charge >= 0.3 is 0 Å². The molecule has 128 valence electrons. The molecule has 0 aliphatic heterocycles. The Balaban J connectivity index is 2.36. The van der Waals surface area contributed by atoms with Gasteiger partial charge in [0.2, 0.25) is 11.8 Å². The van der Waals surface area contributed by atoms with Crippen molar-refractivity contribution in [2.24, 2.45) is 11.7 Å². The van der Waals surface area contributed by atoms with Crippen molar-refractivity contribution in [1.82, 2.24) is 10.6 Å². The maximum Gasteiger partial charge on any atom is 0.239 e. The molecule has 1 rings (SSSR count). The zero-order valence-corrected chi connectivity index (χ0v) is 13.7. The van der Waals surface area contributed by atoms with Crippen LogP contribution in [0.1, 0.15) is 25.5 Å². The van der Waals surface area contributed by atoms with Gasteiger partial charge in [-0.2, -0.15) is 0 Å². The first-order valence-electron chi connectivity index (χ1n) is 7.47. The summed E-state index contributed by atoms with van der Waals surface area (Å²) >= 11 is 0. The van der Waals surface area contributed by atoms with Gasteiger partial charge in [0, 0.05) is 6.54 Å². The molecule has 1 unspecified atom stereocenters. The summed E-state index contributed by atoms with van der Waals surface area (Å²) in [6.45, 7) is 3.54. The van der Waals surface area contributed by atoms with Crippen molar-refractivity contribution in [3.05, 3.63) is 29.8 Å². The Hall–Kier alpha value is -2.12. The third-order valence-electron chi connectivity index (χ3n) is 3.44. The number of aliphatic hydroxyl groups excluding tert-OH is 1. The summed E-state index contributed by atoms with van der Waals surface area (Å²) in [4.78, 5) is 23.3. The van der Waals surface area contributed by atoms with E-state index in [0.29, 0.717) is 11.3 Å². The van der Waals surface area contributed by atoms with Gasteiger partial charge in [-0.3, -0.25) is 9.59 Å². The zero-order chi connectivity index (χ0) is 17.4. The first kappa shape index (κ1) is 18.9. The predicted octanol–water partition coefficient (Wildman–Crippen LogP) is -0.0557. The van der Waals surface area contributed by atoms with E-state index in [4.69, 9.17) is 10.5 Å². The van der Waals surface area contributed by atoms with E-state index in [1.165, 1.54) is 0 Å². The topological polar surface area (TPSA) is 114 Å². The smallest absolute Gasteiger partial charge is 0.239 e. The van der Waals surface area contributed by atoms with E-state index in [0.717, 1.165) is 0 Å². The van der Waals surface area contributed by atoms with E-state index in [-0.39, 0.29) is 30.8 Å². The molecule has 0 spiro atoms. The van der Waals surface area contributed by atoms with Crippen LogP contribution in [0, 0.1) is 5.92 Å². The number of carbonyl (C=O) groups is 2. The van der Waals surface area contributed by atoms with Crippen LogP contribution in [0.4, 0.5) is 0 Å². The van der Waals surface area contributed by atoms with Crippen molar-refractivity contribution in [2.75, 3.05) is 20.2 Å². The summed E-state index contributed by atoms with van der Waals surface area (Å²) in [6.07, 6.45) is -0.835. The maximum atomic E-state index is 11.7. The van der Waals surface area contributed by atoms with Crippen LogP contribution in [0.3, 0.4) is 0 Å². The average Bonchev–Trinajstić information content (AvgIpc) is 2.56. The molecule has 0 aliphatic rings. The lowest BCUT2D eigenvalue weighted by molar-refractivity contribution is -0.127. The summed E-state index contributed by atoms with van der Waals surface area (Å²) in [5, 5.41) is 15.0. The SMILES string of the molecule is COc1ccc(C(O)CNC(=O)CNC(=O)[C@@H](N)C(C)C)cc1. The predicted molar refractivity (Wildman–Crippen MR) is 86.8 cm³/mol. The third kappa shape index (κ3) is 6.25. The van der Waals surface area contributed by atoms with Crippen LogP contribution < -0.4 is 21.1 Å². The molecule has 0 aromatic heterocycles. The molecule has 0 bridgehead atoms. The van der Waals surface area contributed by atoms with Crippen LogP contribution in [-0.4, -0.2) is 43.2 Å². The van der Waals surface area contributed by atoms with Crippen LogP contribution in [0.2, 0.25) is 0 Å². The lowest BCUT2D eigenvalue weighted by Crippen LogP contribution is -2.47. The fraction of sp³-hybridized carbons (Fsp3) is 0.500. The molecule has 1 aromatic rings. The molecule has 0 saturated carbocycles. The minimum absolute atomic E-state index is 0.00467. The van der Waals surface area contributed by atoms with Crippen molar-refractivity contribution in [2.45, 2.75) is 26.0 Å². The van der Waals surface area contributed by atoms with Crippen LogP contribution in [0.15, 0.2) is 24.3 Å². The van der Waals surface area contributed by atoms with E-state index in [1.54, 1.807) is 31.4 Å². The highest BCUT2D eigenvalue weighted by Crippen LogP contribution is 2.16. The summed E-state index contributed by atoms with van der Waals surface area (Å²) in [6, 6.07) is 6.26. The number of carbonyl (C=O) groups excluding carboxylic acids is 2. The van der Waals surface area contributed by atoms with Gasteiger partial charge in [-0.25, -0.2) is 0 Å². The summed E-state index contributed by atoms with van der Waals surface area (Å²) in [5.41, 5.74) is 6.34. The van der Waals surface area contributed by atoms with Crippen LogP contribution in [-0.2, 0) is 9.59 Å². The van der Waals surface area contributed by atoms with Gasteiger partial charge in [0.25, 0.3) is 0 Å². The lowest BCUT2D eigenvalue weighted by Gasteiger charge is -2.16. The highest BCUT2D eigenvalue weighted by Gasteiger charge is 2.17. The van der Waals surface area contributed by atoms with Crippen LogP contribution >= 0.6 is 0 Å². The van der Waals surface area contributed by atoms with E-state index < -0.39 is 12.1 Å². The zero-order valence-electron chi connectivity index (χ0n) is 13.7. The Morgan fingerprint density at radius 1 is 1.22 bits per heavy atom. The van der Waals surface area contributed by atoms with Crippen molar-refractivity contribution < 1.29 is 19.4 Å². The number of nitrogens with two attached hydrogens (primary N) is 1. The summed E-state index contributed by atoms with van der Waals surface area (Å²) < 4.78 is 5.04. The molecule has 2 amide bonds. The monoisotopic (exact) mass is 323 g/mol. The lowest BCUT2D eigenvalue weighted by atomic mass is 10.1. The third-order valence-corrected chi connectivity index (χ3v) is 3.44. The molecular formula is C16H25N3O4. The number of aliphatic hydroxyl groups is 1. The molecule has 0 aliphatic carbocycles. The van der Waals surface area contributed by atoms with Crippen molar-refractivity contribution >= 4 is 11.8 Å². The van der Waals surface area contributed by atoms with E-state index >= 15 is 0 Å². The fourth-order valence-electron chi connectivity index (χ4n) is 1.80. The van der Waals surface area contributed by atoms with Crippen molar-refractivity contribution in [3.8, 4) is 5.75 Å². The molecule has 0 radical (unpaired) electrons. The molecule has 0 heterocycles. The number of nitrogens with one attached hydrogen (secondary N) is 2. The number of amides is 2. The van der Waals surface area contributed by atoms with Crippen molar-refractivity contribution in [1.29, 1.82) is 0 Å². The largest absolute Gasteiger partial charge is 0.497 e. The van der Waals surface area contributed by atoms with Gasteiger partial charge in [-0.15, -0.1) is 0 Å². The van der Waals surface area contributed by atoms with Gasteiger partial charge in [0.1, 0.15) is 5.75 Å². The molecule has 5 N–H and O–H groups in total. The van der Waals surface area contributed by atoms with Crippen LogP contribution in [0.25, 0.3) is 0 Å². The molecule has 7 heteroatoms. The Morgan fingerprint density at radius 3 is 2.35 bits per heavy atom. The van der Waals surface area contributed by atoms with Crippen LogP contribution in [0.5, 0.6) is 5.75 Å². The first-order chi connectivity index (χ1) is 10.8. The molecule has 1 aromatic carbocycles. The van der Waals surface area contributed by atoms with Gasteiger partial charge in [0.05, 0.1) is 25.8 Å². The molecule has 2 atom stereocenters. The maximum absolute atomic E-state index is 11.7. The second kappa shape index (κ2) is 9.12. The molecule has 23 heavy (non-hydrogen) atoms. The normalized spacial score (nSPS) is 13.3. The fourth-order valence-corrected chi connectivity index (χ4v) is 1.80. The number of methoxy groups -OCH3 is 1. The number of hydrogen-bond donors (Lipinski definition) is 4. The van der Waals surface area contributed by atoms with Crippen molar-refractivity contribution in [3.63, 3.8) is 0 Å². The molecule has 0 saturated heterocycles. The standard InChI is InChI=1S/C16H25N3O4/c1-10(2)15(17)16(22)19-9-14(21)18-8-13(20)11-4-6-12(23-3)7-5-11/h4-7,10,13,15,20H,8-9,17H2,1-3H3,(H,18,21)(H,19,22)/t13?,15-/m0/s1. The summed E-state index contributed by atoms with van der Waals surface area (Å²) in [7, 11) is 1.56. The first-order valence-corrected chi connectivity index (χ1v) is 7.47. The average molecular weight is 323 g/mol. The second-order valence-electron chi connectivity index (χ2n) is 5.58. The highest BCUT2D eigenvalue weighted by molar-refractivity contribution is 5.87. The van der Waals surface area contributed by atoms with Gasteiger partial charge in [0.15, 0.2) is 0 Å². The molecule has 7 nitrogen and oxygen atoms in total. The minimum atomic E-state index is -0.835. The number of rotatable bonds is 8. The van der Waals surface area contributed by atoms with E-state index in [2.05, 4.69) is 10.6 Å². The second-order valence-corrected chi connectivity index (χ2v) is 5.58. The van der Waals surface area contributed by atoms with Gasteiger partial charge in [-0.1, -0.05) is 26.0 Å². The molecular weight excluding hydrogens is 298 g/mol. The number of benzene rings is 1.